The minimum Gasteiger partial charge on any atom is -0.497 e. The molecule has 0 amide bonds. The van der Waals surface area contributed by atoms with E-state index in [1.165, 1.54) is 11.3 Å². The highest BCUT2D eigenvalue weighted by molar-refractivity contribution is 9.10. The average molecular weight is 418 g/mol. The van der Waals surface area contributed by atoms with Crippen LogP contribution in [0.25, 0.3) is 26.9 Å². The van der Waals surface area contributed by atoms with Crippen LogP contribution in [-0.2, 0) is 0 Å². The number of hydrogen-bond donors (Lipinski definition) is 0. The van der Waals surface area contributed by atoms with Crippen molar-refractivity contribution in [3.8, 4) is 33.5 Å². The molecule has 126 valence electrons. The molecule has 0 saturated heterocycles. The zero-order valence-corrected chi connectivity index (χ0v) is 15.7. The Morgan fingerprint density at radius 1 is 1.08 bits per heavy atom. The number of nitrogens with zero attached hydrogens (tertiary/aromatic N) is 5. The van der Waals surface area contributed by atoms with Crippen LogP contribution in [0.4, 0.5) is 0 Å². The van der Waals surface area contributed by atoms with Gasteiger partial charge in [-0.2, -0.15) is 9.61 Å². The first-order chi connectivity index (χ1) is 12.2. The molecule has 0 unspecified atom stereocenters. The molecule has 0 aliphatic carbocycles. The van der Waals surface area contributed by atoms with E-state index in [1.54, 1.807) is 31.1 Å². The van der Waals surface area contributed by atoms with E-state index in [0.717, 1.165) is 26.4 Å². The molecule has 0 fully saturated rings. The maximum atomic E-state index is 5.47. The van der Waals surface area contributed by atoms with Gasteiger partial charge in [0.25, 0.3) is 0 Å². The van der Waals surface area contributed by atoms with Crippen LogP contribution in [0.5, 0.6) is 11.5 Å². The third kappa shape index (κ3) is 2.85. The summed E-state index contributed by atoms with van der Waals surface area (Å²) in [6.07, 6.45) is 3.45. The van der Waals surface area contributed by atoms with E-state index in [9.17, 15) is 0 Å². The largest absolute Gasteiger partial charge is 0.497 e. The van der Waals surface area contributed by atoms with Gasteiger partial charge in [0.1, 0.15) is 11.5 Å². The predicted molar refractivity (Wildman–Crippen MR) is 98.1 cm³/mol. The number of rotatable bonds is 4. The Balaban J connectivity index is 1.83. The third-order valence-electron chi connectivity index (χ3n) is 3.59. The van der Waals surface area contributed by atoms with E-state index in [2.05, 4.69) is 36.2 Å². The second-order valence-electron chi connectivity index (χ2n) is 5.08. The van der Waals surface area contributed by atoms with Gasteiger partial charge in [-0.05, 0) is 34.1 Å². The topological polar surface area (TPSA) is 74.4 Å². The molecule has 0 bridgehead atoms. The summed E-state index contributed by atoms with van der Waals surface area (Å²) in [4.78, 5) is 4.87. The van der Waals surface area contributed by atoms with Crippen molar-refractivity contribution < 1.29 is 9.47 Å². The van der Waals surface area contributed by atoms with Crippen molar-refractivity contribution >= 4 is 32.2 Å². The number of pyridine rings is 1. The minimum absolute atomic E-state index is 0.638. The van der Waals surface area contributed by atoms with E-state index in [-0.39, 0.29) is 0 Å². The second-order valence-corrected chi connectivity index (χ2v) is 6.95. The fraction of sp³-hybridized carbons (Fsp3) is 0.125. The molecule has 7 nitrogen and oxygen atoms in total. The van der Waals surface area contributed by atoms with Crippen molar-refractivity contribution in [2.24, 2.45) is 0 Å². The molecule has 0 radical (unpaired) electrons. The standard InChI is InChI=1S/C16H12BrN5O2S/c1-23-11-3-4-12(13(6-11)24-2)15-21-22-14(19-20-16(22)25-15)9-5-10(17)8-18-7-9/h3-8H,1-2H3. The van der Waals surface area contributed by atoms with E-state index in [0.29, 0.717) is 16.5 Å². The maximum Gasteiger partial charge on any atom is 0.235 e. The lowest BCUT2D eigenvalue weighted by Crippen LogP contribution is -1.93. The molecule has 3 aromatic heterocycles. The van der Waals surface area contributed by atoms with Crippen molar-refractivity contribution in [3.05, 3.63) is 41.1 Å². The molecule has 0 aliphatic rings. The number of hydrogen-bond acceptors (Lipinski definition) is 7. The molecule has 0 atom stereocenters. The Hall–Kier alpha value is -2.52. The van der Waals surface area contributed by atoms with Crippen molar-refractivity contribution in [1.82, 2.24) is 24.8 Å². The Kier molecular flexibility index (Phi) is 4.10. The average Bonchev–Trinajstić information content (AvgIpc) is 3.21. The second kappa shape index (κ2) is 6.41. The van der Waals surface area contributed by atoms with Gasteiger partial charge in [0.2, 0.25) is 4.96 Å². The smallest absolute Gasteiger partial charge is 0.235 e. The first kappa shape index (κ1) is 16.0. The van der Waals surface area contributed by atoms with Gasteiger partial charge in [0.15, 0.2) is 10.8 Å². The molecule has 9 heteroatoms. The van der Waals surface area contributed by atoms with Crippen molar-refractivity contribution in [1.29, 1.82) is 0 Å². The molecule has 1 aromatic carbocycles. The van der Waals surface area contributed by atoms with Crippen LogP contribution in [0.15, 0.2) is 41.1 Å². The number of benzene rings is 1. The molecular formula is C16H12BrN5O2S. The number of methoxy groups -OCH3 is 2. The van der Waals surface area contributed by atoms with Crippen LogP contribution in [0.2, 0.25) is 0 Å². The summed E-state index contributed by atoms with van der Waals surface area (Å²) >= 11 is 4.86. The fourth-order valence-electron chi connectivity index (χ4n) is 2.42. The summed E-state index contributed by atoms with van der Waals surface area (Å²) in [5, 5.41) is 13.9. The Labute approximate surface area is 155 Å². The Bertz CT molecular complexity index is 1060. The number of ether oxygens (including phenoxy) is 2. The number of aromatic nitrogens is 5. The zero-order valence-electron chi connectivity index (χ0n) is 13.3. The van der Waals surface area contributed by atoms with Gasteiger partial charge < -0.3 is 9.47 Å². The van der Waals surface area contributed by atoms with Crippen LogP contribution in [0, 0.1) is 0 Å². The normalized spacial score (nSPS) is 11.0. The summed E-state index contributed by atoms with van der Waals surface area (Å²) in [6.45, 7) is 0. The summed E-state index contributed by atoms with van der Waals surface area (Å²) in [5.41, 5.74) is 1.71. The van der Waals surface area contributed by atoms with Crippen molar-refractivity contribution in [2.75, 3.05) is 14.2 Å². The van der Waals surface area contributed by atoms with Crippen molar-refractivity contribution in [3.63, 3.8) is 0 Å². The van der Waals surface area contributed by atoms with Gasteiger partial charge >= 0.3 is 0 Å². The van der Waals surface area contributed by atoms with Gasteiger partial charge in [-0.25, -0.2) is 0 Å². The van der Waals surface area contributed by atoms with E-state index >= 15 is 0 Å². The molecule has 0 spiro atoms. The molecule has 0 aliphatic heterocycles. The van der Waals surface area contributed by atoms with Crippen LogP contribution < -0.4 is 9.47 Å². The first-order valence-corrected chi connectivity index (χ1v) is 8.86. The van der Waals surface area contributed by atoms with E-state index < -0.39 is 0 Å². The molecule has 4 aromatic rings. The maximum absolute atomic E-state index is 5.47. The highest BCUT2D eigenvalue weighted by atomic mass is 79.9. The first-order valence-electron chi connectivity index (χ1n) is 7.25. The van der Waals surface area contributed by atoms with Gasteiger partial charge in [-0.1, -0.05) is 11.3 Å². The van der Waals surface area contributed by atoms with Crippen LogP contribution in [-0.4, -0.2) is 39.0 Å². The van der Waals surface area contributed by atoms with Gasteiger partial charge in [-0.15, -0.1) is 10.2 Å². The molecule has 3 heterocycles. The summed E-state index contributed by atoms with van der Waals surface area (Å²) < 4.78 is 13.3. The highest BCUT2D eigenvalue weighted by Crippen LogP contribution is 2.36. The van der Waals surface area contributed by atoms with Gasteiger partial charge in [-0.3, -0.25) is 4.98 Å². The lowest BCUT2D eigenvalue weighted by Gasteiger charge is -2.07. The lowest BCUT2D eigenvalue weighted by molar-refractivity contribution is 0.395. The lowest BCUT2D eigenvalue weighted by atomic mass is 10.2. The van der Waals surface area contributed by atoms with E-state index in [4.69, 9.17) is 9.47 Å². The van der Waals surface area contributed by atoms with Gasteiger partial charge in [0, 0.05) is 28.5 Å². The number of halogens is 1. The molecule has 0 saturated carbocycles. The summed E-state index contributed by atoms with van der Waals surface area (Å²) in [7, 11) is 3.24. The van der Waals surface area contributed by atoms with Crippen LogP contribution >= 0.6 is 27.3 Å². The Morgan fingerprint density at radius 2 is 1.96 bits per heavy atom. The van der Waals surface area contributed by atoms with E-state index in [1.807, 2.05) is 24.3 Å². The summed E-state index contributed by atoms with van der Waals surface area (Å²) in [6, 6.07) is 7.55. The third-order valence-corrected chi connectivity index (χ3v) is 4.96. The monoisotopic (exact) mass is 417 g/mol. The predicted octanol–water partition coefficient (Wildman–Crippen LogP) is 3.69. The number of fused-ring (bicyclic) bond motifs is 1. The van der Waals surface area contributed by atoms with Crippen LogP contribution in [0.1, 0.15) is 0 Å². The summed E-state index contributed by atoms with van der Waals surface area (Å²) in [5.74, 6) is 2.05. The Morgan fingerprint density at radius 3 is 2.72 bits per heavy atom. The fourth-order valence-corrected chi connectivity index (χ4v) is 3.65. The van der Waals surface area contributed by atoms with Gasteiger partial charge in [0.05, 0.1) is 19.8 Å². The molecule has 25 heavy (non-hydrogen) atoms. The molecular weight excluding hydrogens is 406 g/mol. The molecule has 4 rings (SSSR count). The minimum atomic E-state index is 0.638. The SMILES string of the molecule is COc1ccc(-c2nn3c(-c4cncc(Br)c4)nnc3s2)c(OC)c1. The zero-order chi connectivity index (χ0) is 17.4. The quantitative estimate of drug-likeness (QED) is 0.503. The van der Waals surface area contributed by atoms with Crippen molar-refractivity contribution in [2.45, 2.75) is 0 Å². The van der Waals surface area contributed by atoms with Crippen LogP contribution in [0.3, 0.4) is 0 Å². The molecule has 0 N–H and O–H groups in total. The highest BCUT2D eigenvalue weighted by Gasteiger charge is 2.17.